The highest BCUT2D eigenvalue weighted by Crippen LogP contribution is 1.98. The molecule has 16 heavy (non-hydrogen) atoms. The quantitative estimate of drug-likeness (QED) is 0.362. The molecule has 0 aliphatic heterocycles. The van der Waals surface area contributed by atoms with Crippen LogP contribution in [0.25, 0.3) is 0 Å². The number of ether oxygens (including phenoxy) is 2. The van der Waals surface area contributed by atoms with Crippen molar-refractivity contribution in [3.8, 4) is 0 Å². The fraction of sp³-hybridized carbons (Fsp3) is 0.667. The molecule has 0 aromatic carbocycles. The van der Waals surface area contributed by atoms with Crippen LogP contribution in [-0.4, -0.2) is 37.2 Å². The second-order valence-electron chi connectivity index (χ2n) is 2.90. The van der Waals surface area contributed by atoms with Gasteiger partial charge in [0, 0.05) is 20.8 Å². The van der Waals surface area contributed by atoms with Gasteiger partial charge in [-0.05, 0) is 0 Å². The molecule has 0 radical (unpaired) electrons. The molecule has 7 nitrogen and oxygen atoms in total. The van der Waals surface area contributed by atoms with Gasteiger partial charge >= 0.3 is 17.9 Å². The average Bonchev–Trinajstić information content (AvgIpc) is 2.15. The summed E-state index contributed by atoms with van der Waals surface area (Å²) in [4.78, 5) is 40.4. The number of hydrogen-bond donors (Lipinski definition) is 0. The Balaban J connectivity index is 3.98. The van der Waals surface area contributed by atoms with Gasteiger partial charge in [0.15, 0.2) is 6.10 Å². The second kappa shape index (κ2) is 7.63. The van der Waals surface area contributed by atoms with Crippen LogP contribution in [0.3, 0.4) is 0 Å². The van der Waals surface area contributed by atoms with Crippen LogP contribution in [0.5, 0.6) is 0 Å². The summed E-state index contributed by atoms with van der Waals surface area (Å²) in [6, 6.07) is 0. The zero-order valence-electron chi connectivity index (χ0n) is 9.35. The Labute approximate surface area is 92.5 Å². The zero-order chi connectivity index (χ0) is 12.6. The molecular formula is C9H14O7. The van der Waals surface area contributed by atoms with Gasteiger partial charge in [0.1, 0.15) is 13.2 Å². The van der Waals surface area contributed by atoms with Crippen molar-refractivity contribution in [3.63, 3.8) is 0 Å². The molecule has 7 heteroatoms. The number of carbonyl (C=O) groups excluding carboxylic acids is 3. The molecule has 0 unspecified atom stereocenters. The van der Waals surface area contributed by atoms with Gasteiger partial charge in [-0.15, -0.1) is 0 Å². The second-order valence-corrected chi connectivity index (χ2v) is 2.90. The molecule has 92 valence electrons. The molecule has 0 bridgehead atoms. The maximum absolute atomic E-state index is 10.5. The zero-order valence-corrected chi connectivity index (χ0v) is 9.35. The number of hydrogen-bond acceptors (Lipinski definition) is 7. The van der Waals surface area contributed by atoms with Crippen molar-refractivity contribution in [1.82, 2.24) is 0 Å². The van der Waals surface area contributed by atoms with Crippen molar-refractivity contribution in [2.24, 2.45) is 0 Å². The van der Waals surface area contributed by atoms with E-state index in [2.05, 4.69) is 19.2 Å². The summed E-state index contributed by atoms with van der Waals surface area (Å²) in [5, 5.41) is 0. The van der Waals surface area contributed by atoms with E-state index >= 15 is 0 Å². The monoisotopic (exact) mass is 234 g/mol. The van der Waals surface area contributed by atoms with Crippen molar-refractivity contribution in [1.29, 1.82) is 0 Å². The topological polar surface area (TPSA) is 88.1 Å². The molecule has 0 aliphatic rings. The molecule has 0 aliphatic carbocycles. The molecule has 0 aromatic heterocycles. The van der Waals surface area contributed by atoms with Gasteiger partial charge in [-0.2, -0.15) is 4.89 Å². The summed E-state index contributed by atoms with van der Waals surface area (Å²) < 4.78 is 9.24. The Bertz CT molecular complexity index is 218. The number of carbonyl (C=O) groups is 3. The third-order valence-electron chi connectivity index (χ3n) is 1.25. The van der Waals surface area contributed by atoms with Crippen LogP contribution >= 0.6 is 0 Å². The van der Waals surface area contributed by atoms with E-state index in [1.54, 1.807) is 0 Å². The highest BCUT2D eigenvalue weighted by Gasteiger charge is 2.15. The summed E-state index contributed by atoms with van der Waals surface area (Å²) >= 11 is 0. The van der Waals surface area contributed by atoms with Gasteiger partial charge in [-0.1, -0.05) is 0 Å². The van der Waals surface area contributed by atoms with Crippen molar-refractivity contribution >= 4 is 17.9 Å². The molecule has 0 atom stereocenters. The summed E-state index contributed by atoms with van der Waals surface area (Å²) in [6.07, 6.45) is -0.836. The molecule has 0 heterocycles. The number of esters is 2. The Hall–Kier alpha value is -1.63. The lowest BCUT2D eigenvalue weighted by Gasteiger charge is -2.14. The summed E-state index contributed by atoms with van der Waals surface area (Å²) in [6.45, 7) is 3.24. The predicted octanol–water partition coefficient (Wildman–Crippen LogP) is -0.0241. The molecule has 0 N–H and O–H groups in total. The fourth-order valence-electron chi connectivity index (χ4n) is 0.660. The minimum absolute atomic E-state index is 0.171. The lowest BCUT2D eigenvalue weighted by Crippen LogP contribution is -2.28. The summed E-state index contributed by atoms with van der Waals surface area (Å²) in [7, 11) is 0. The molecular weight excluding hydrogens is 220 g/mol. The third-order valence-corrected chi connectivity index (χ3v) is 1.25. The Morgan fingerprint density at radius 2 is 1.31 bits per heavy atom. The minimum Gasteiger partial charge on any atom is -0.463 e. The van der Waals surface area contributed by atoms with Gasteiger partial charge in [0.05, 0.1) is 0 Å². The van der Waals surface area contributed by atoms with E-state index in [0.717, 1.165) is 6.92 Å². The largest absolute Gasteiger partial charge is 0.463 e. The lowest BCUT2D eigenvalue weighted by atomic mass is 10.4. The normalized spacial score (nSPS) is 9.75. The third kappa shape index (κ3) is 8.95. The van der Waals surface area contributed by atoms with Crippen LogP contribution in [-0.2, 0) is 33.6 Å². The molecule has 0 saturated heterocycles. The fourth-order valence-corrected chi connectivity index (χ4v) is 0.660. The van der Waals surface area contributed by atoms with Gasteiger partial charge in [0.25, 0.3) is 0 Å². The average molecular weight is 234 g/mol. The van der Waals surface area contributed by atoms with Crippen LogP contribution in [0, 0.1) is 0 Å². The lowest BCUT2D eigenvalue weighted by molar-refractivity contribution is -0.306. The van der Waals surface area contributed by atoms with Gasteiger partial charge < -0.3 is 9.47 Å². The molecule has 0 aromatic rings. The highest BCUT2D eigenvalue weighted by atomic mass is 17.2. The van der Waals surface area contributed by atoms with Crippen LogP contribution in [0.4, 0.5) is 0 Å². The first kappa shape index (κ1) is 14.4. The smallest absolute Gasteiger partial charge is 0.339 e. The van der Waals surface area contributed by atoms with Crippen molar-refractivity contribution in [2.45, 2.75) is 26.9 Å². The van der Waals surface area contributed by atoms with E-state index in [9.17, 15) is 14.4 Å². The SMILES string of the molecule is CC(=O)OCC(COC(C)=O)OOC(C)=O. The van der Waals surface area contributed by atoms with Crippen molar-refractivity contribution < 1.29 is 33.6 Å². The van der Waals surface area contributed by atoms with E-state index in [4.69, 9.17) is 0 Å². The van der Waals surface area contributed by atoms with Gasteiger partial charge in [-0.25, -0.2) is 4.79 Å². The van der Waals surface area contributed by atoms with E-state index in [1.165, 1.54) is 13.8 Å². The molecule has 0 spiro atoms. The molecule has 0 saturated carbocycles. The molecule has 0 rings (SSSR count). The maximum Gasteiger partial charge on any atom is 0.339 e. The first-order valence-corrected chi connectivity index (χ1v) is 4.52. The molecule has 0 amide bonds. The van der Waals surface area contributed by atoms with E-state index < -0.39 is 24.0 Å². The maximum atomic E-state index is 10.5. The Kier molecular flexibility index (Phi) is 6.86. The Morgan fingerprint density at radius 3 is 1.62 bits per heavy atom. The van der Waals surface area contributed by atoms with Crippen molar-refractivity contribution in [2.75, 3.05) is 13.2 Å². The molecule has 0 fully saturated rings. The van der Waals surface area contributed by atoms with Gasteiger partial charge in [0.2, 0.25) is 0 Å². The van der Waals surface area contributed by atoms with E-state index in [1.807, 2.05) is 0 Å². The number of rotatable bonds is 6. The van der Waals surface area contributed by atoms with Crippen LogP contribution in [0.1, 0.15) is 20.8 Å². The van der Waals surface area contributed by atoms with Crippen molar-refractivity contribution in [3.05, 3.63) is 0 Å². The van der Waals surface area contributed by atoms with Crippen LogP contribution in [0.2, 0.25) is 0 Å². The minimum atomic E-state index is -0.836. The summed E-state index contributed by atoms with van der Waals surface area (Å²) in [5.74, 6) is -1.69. The van der Waals surface area contributed by atoms with E-state index in [-0.39, 0.29) is 13.2 Å². The highest BCUT2D eigenvalue weighted by molar-refractivity contribution is 5.66. The first-order valence-electron chi connectivity index (χ1n) is 4.52. The van der Waals surface area contributed by atoms with Crippen LogP contribution in [0.15, 0.2) is 0 Å². The summed E-state index contributed by atoms with van der Waals surface area (Å²) in [5.41, 5.74) is 0. The Morgan fingerprint density at radius 1 is 0.875 bits per heavy atom. The van der Waals surface area contributed by atoms with E-state index in [0.29, 0.717) is 0 Å². The standard InChI is InChI=1S/C9H14O7/c1-6(10)13-4-9(5-14-7(2)11)16-15-8(3)12/h9H,4-5H2,1-3H3. The first-order chi connectivity index (χ1) is 7.41. The van der Waals surface area contributed by atoms with Crippen LogP contribution < -0.4 is 0 Å². The predicted molar refractivity (Wildman–Crippen MR) is 49.9 cm³/mol. The van der Waals surface area contributed by atoms with Gasteiger partial charge in [-0.3, -0.25) is 14.5 Å².